The fraction of sp³-hybridized carbons (Fsp3) is 0.167. The zero-order valence-electron chi connectivity index (χ0n) is 15.0. The lowest BCUT2D eigenvalue weighted by Gasteiger charge is -2.14. The number of ether oxygens (including phenoxy) is 1. The van der Waals surface area contributed by atoms with Crippen molar-refractivity contribution in [1.29, 1.82) is 0 Å². The van der Waals surface area contributed by atoms with Crippen LogP contribution in [0.25, 0.3) is 16.9 Å². The number of rotatable bonds is 4. The Morgan fingerprint density at radius 1 is 1.31 bits per heavy atom. The van der Waals surface area contributed by atoms with Gasteiger partial charge in [0, 0.05) is 24.0 Å². The van der Waals surface area contributed by atoms with Crippen LogP contribution in [0.1, 0.15) is 0 Å². The number of halogens is 2. The molecule has 0 aliphatic carbocycles. The van der Waals surface area contributed by atoms with Gasteiger partial charge in [-0.2, -0.15) is 5.10 Å². The molecule has 0 N–H and O–H groups in total. The Morgan fingerprint density at radius 3 is 2.66 bits per heavy atom. The van der Waals surface area contributed by atoms with Gasteiger partial charge in [-0.05, 0) is 24.3 Å². The van der Waals surface area contributed by atoms with Gasteiger partial charge in [-0.25, -0.2) is 28.2 Å². The van der Waals surface area contributed by atoms with Crippen LogP contribution < -0.4 is 4.90 Å². The lowest BCUT2D eigenvalue weighted by atomic mass is 10.1. The second-order valence-electron chi connectivity index (χ2n) is 6.18. The second kappa shape index (κ2) is 7.46. The van der Waals surface area contributed by atoms with E-state index in [2.05, 4.69) is 32.4 Å². The zero-order valence-corrected chi connectivity index (χ0v) is 15.8. The van der Waals surface area contributed by atoms with Crippen molar-refractivity contribution in [2.24, 2.45) is 0 Å². The average Bonchev–Trinajstić information content (AvgIpc) is 3.37. The number of hydrogen-bond donors (Lipinski definition) is 0. The van der Waals surface area contributed by atoms with Gasteiger partial charge in [0.05, 0.1) is 11.3 Å². The van der Waals surface area contributed by atoms with E-state index in [4.69, 9.17) is 4.74 Å². The molecule has 0 spiro atoms. The summed E-state index contributed by atoms with van der Waals surface area (Å²) in [5, 5.41) is 6.36. The number of aromatic nitrogens is 4. The van der Waals surface area contributed by atoms with Crippen molar-refractivity contribution >= 4 is 29.2 Å². The van der Waals surface area contributed by atoms with Gasteiger partial charge in [-0.3, -0.25) is 4.90 Å². The first kappa shape index (κ1) is 18.8. The molecule has 3 aromatic rings. The number of nitrogens with zero attached hydrogens (tertiary/aromatic N) is 6. The van der Waals surface area contributed by atoms with Crippen molar-refractivity contribution in [3.63, 3.8) is 0 Å². The Morgan fingerprint density at radius 2 is 2.07 bits per heavy atom. The van der Waals surface area contributed by atoms with Gasteiger partial charge in [0.2, 0.25) is 0 Å². The second-order valence-corrected chi connectivity index (χ2v) is 6.36. The molecule has 8 nitrogen and oxygen atoms in total. The number of benzene rings is 1. The van der Waals surface area contributed by atoms with Crippen LogP contribution in [0, 0.1) is 11.6 Å². The first-order chi connectivity index (χ1) is 14.0. The summed E-state index contributed by atoms with van der Waals surface area (Å²) in [5.74, 6) is -1.21. The minimum atomic E-state index is -0.832. The highest BCUT2D eigenvalue weighted by Gasteiger charge is 2.38. The van der Waals surface area contributed by atoms with Crippen LogP contribution in [-0.4, -0.2) is 55.4 Å². The quantitative estimate of drug-likeness (QED) is 0.371. The highest BCUT2D eigenvalue weighted by atomic mass is 32.1. The summed E-state index contributed by atoms with van der Waals surface area (Å²) >= 11 is 4.68. The van der Waals surface area contributed by atoms with Gasteiger partial charge in [-0.1, -0.05) is 0 Å². The summed E-state index contributed by atoms with van der Waals surface area (Å²) < 4.78 is 37.5. The van der Waals surface area contributed by atoms with Crippen LogP contribution in [0.5, 0.6) is 0 Å². The molecule has 1 amide bonds. The molecule has 146 valence electrons. The number of carbonyl (C=O) groups is 1. The SMILES string of the molecule is C[N+](=C=S)[C@@H]1CN(c2cc(F)c(-c3ccc(-n4cncn4)nc3)c(F)c2)C(=O)O1. The molecule has 1 atom stereocenters. The molecule has 1 aliphatic heterocycles. The minimum Gasteiger partial charge on any atom is -0.383 e. The van der Waals surface area contributed by atoms with Crippen molar-refractivity contribution in [3.8, 4) is 16.9 Å². The number of hydrogen-bond acceptors (Lipinski definition) is 6. The van der Waals surface area contributed by atoms with Crippen molar-refractivity contribution in [2.45, 2.75) is 6.23 Å². The number of thiocarbonyl (C=S) groups is 1. The van der Waals surface area contributed by atoms with Gasteiger partial charge in [0.15, 0.2) is 5.82 Å². The molecule has 1 aliphatic rings. The van der Waals surface area contributed by atoms with Crippen LogP contribution in [0.4, 0.5) is 19.3 Å². The van der Waals surface area contributed by atoms with Gasteiger partial charge in [0.25, 0.3) is 5.16 Å². The summed E-state index contributed by atoms with van der Waals surface area (Å²) in [6.07, 6.45) is 2.74. The highest BCUT2D eigenvalue weighted by molar-refractivity contribution is 7.78. The fourth-order valence-corrected chi connectivity index (χ4v) is 3.02. The standard InChI is InChI=1S/C18H13F2N6O2S/c1-24(10-29)16-7-25(18(27)28-16)12-4-13(19)17(14(20)5-12)11-2-3-15(22-6-11)26-9-21-8-23-26/h2-6,8-9,16H,7H2,1H3/q+1/t16-/m0/s1. The maximum absolute atomic E-state index is 14.8. The van der Waals surface area contributed by atoms with Crippen LogP contribution in [-0.2, 0) is 4.74 Å². The number of isothiocyanates is 1. The van der Waals surface area contributed by atoms with Crippen LogP contribution in [0.15, 0.2) is 43.1 Å². The number of cyclic esters (lactones) is 1. The van der Waals surface area contributed by atoms with Crippen molar-refractivity contribution < 1.29 is 22.9 Å². The Kier molecular flexibility index (Phi) is 4.83. The number of anilines is 1. The molecule has 0 unspecified atom stereocenters. The molecule has 1 saturated heterocycles. The van der Waals surface area contributed by atoms with E-state index in [0.29, 0.717) is 5.82 Å². The van der Waals surface area contributed by atoms with E-state index < -0.39 is 24.0 Å². The molecular weight excluding hydrogens is 402 g/mol. The maximum Gasteiger partial charge on any atom is 0.419 e. The van der Waals surface area contributed by atoms with Crippen molar-refractivity contribution in [3.05, 3.63) is 54.8 Å². The molecular formula is C18H13F2N6O2S+. The normalized spacial score (nSPS) is 15.9. The molecule has 0 radical (unpaired) electrons. The van der Waals surface area contributed by atoms with E-state index in [1.807, 2.05) is 0 Å². The predicted molar refractivity (Wildman–Crippen MR) is 101 cm³/mol. The van der Waals surface area contributed by atoms with Crippen LogP contribution in [0.3, 0.4) is 0 Å². The van der Waals surface area contributed by atoms with E-state index in [-0.39, 0.29) is 23.4 Å². The number of pyridine rings is 1. The lowest BCUT2D eigenvalue weighted by molar-refractivity contribution is -0.566. The van der Waals surface area contributed by atoms with Crippen molar-refractivity contribution in [2.75, 3.05) is 18.5 Å². The molecule has 11 heteroatoms. The highest BCUT2D eigenvalue weighted by Crippen LogP contribution is 2.31. The van der Waals surface area contributed by atoms with Gasteiger partial charge >= 0.3 is 12.3 Å². The Balaban J connectivity index is 1.64. The largest absolute Gasteiger partial charge is 0.419 e. The summed E-state index contributed by atoms with van der Waals surface area (Å²) in [4.78, 5) is 21.2. The van der Waals surface area contributed by atoms with Crippen LogP contribution in [0.2, 0.25) is 0 Å². The fourth-order valence-electron chi connectivity index (χ4n) is 2.91. The Bertz CT molecular complexity index is 1110. The summed E-state index contributed by atoms with van der Waals surface area (Å²) in [6.45, 7) is 0.0609. The first-order valence-electron chi connectivity index (χ1n) is 8.37. The molecule has 1 fully saturated rings. The van der Waals surface area contributed by atoms with E-state index in [9.17, 15) is 13.6 Å². The van der Waals surface area contributed by atoms with Gasteiger partial charge < -0.3 is 4.74 Å². The molecule has 29 heavy (non-hydrogen) atoms. The van der Waals surface area contributed by atoms with Gasteiger partial charge in [-0.15, -0.1) is 4.58 Å². The Labute approximate surface area is 168 Å². The molecule has 3 heterocycles. The van der Waals surface area contributed by atoms with E-state index in [1.54, 1.807) is 13.1 Å². The average molecular weight is 415 g/mol. The Hall–Kier alpha value is -3.56. The lowest BCUT2D eigenvalue weighted by Crippen LogP contribution is -2.28. The smallest absolute Gasteiger partial charge is 0.383 e. The number of amides is 1. The molecule has 1 aromatic carbocycles. The van der Waals surface area contributed by atoms with E-state index in [1.165, 1.54) is 34.2 Å². The summed E-state index contributed by atoms with van der Waals surface area (Å²) in [7, 11) is 1.59. The molecule has 0 bridgehead atoms. The molecule has 4 rings (SSSR count). The number of carbonyl (C=O) groups excluding carboxylic acids is 1. The van der Waals surface area contributed by atoms with Gasteiger partial charge in [0.1, 0.15) is 37.9 Å². The first-order valence-corrected chi connectivity index (χ1v) is 8.78. The third kappa shape index (κ3) is 3.48. The third-order valence-electron chi connectivity index (χ3n) is 4.40. The van der Waals surface area contributed by atoms with Crippen molar-refractivity contribution in [1.82, 2.24) is 19.7 Å². The molecule has 0 saturated carbocycles. The van der Waals surface area contributed by atoms with E-state index in [0.717, 1.165) is 17.0 Å². The maximum atomic E-state index is 14.8. The topological polar surface area (TPSA) is 76.2 Å². The minimum absolute atomic E-state index is 0.0428. The van der Waals surface area contributed by atoms with E-state index >= 15 is 0 Å². The predicted octanol–water partition coefficient (Wildman–Crippen LogP) is 2.64. The molecule has 2 aromatic heterocycles. The zero-order chi connectivity index (χ0) is 20.5. The third-order valence-corrected chi connectivity index (χ3v) is 4.69. The monoisotopic (exact) mass is 415 g/mol. The summed E-state index contributed by atoms with van der Waals surface area (Å²) in [6, 6.07) is 5.25. The number of likely N-dealkylation sites (N-methyl/N-ethyl adjacent to an activating group) is 1. The summed E-state index contributed by atoms with van der Waals surface area (Å²) in [5.41, 5.74) is 0.0355. The van der Waals surface area contributed by atoms with Crippen LogP contribution >= 0.6 is 12.2 Å².